The lowest BCUT2D eigenvalue weighted by atomic mass is 10.2. The van der Waals surface area contributed by atoms with Crippen LogP contribution in [0.15, 0.2) is 46.1 Å². The Kier molecular flexibility index (Phi) is 3.14. The van der Waals surface area contributed by atoms with Crippen molar-refractivity contribution in [1.29, 1.82) is 0 Å². The summed E-state index contributed by atoms with van der Waals surface area (Å²) in [5, 5.41) is 9.03. The summed E-state index contributed by atoms with van der Waals surface area (Å²) in [5.41, 5.74) is -0.269. The molecule has 5 heteroatoms. The van der Waals surface area contributed by atoms with Crippen molar-refractivity contribution in [3.05, 3.63) is 52.9 Å². The number of rotatable bonds is 4. The summed E-state index contributed by atoms with van der Waals surface area (Å²) in [6, 6.07) is 5.69. The van der Waals surface area contributed by atoms with E-state index in [0.717, 1.165) is 6.07 Å². The van der Waals surface area contributed by atoms with Crippen molar-refractivity contribution in [2.45, 2.75) is 0 Å². The van der Waals surface area contributed by atoms with Crippen LogP contribution in [0.2, 0.25) is 0 Å². The molecule has 1 N–H and O–H groups in total. The molecule has 2 aromatic rings. The Morgan fingerprint density at radius 1 is 1.50 bits per heavy atom. The third kappa shape index (κ3) is 2.10. The molecule has 2 rings (SSSR count). The molecule has 0 saturated heterocycles. The highest BCUT2D eigenvalue weighted by molar-refractivity contribution is 5.89. The molecular formula is C13H10O5. The van der Waals surface area contributed by atoms with Crippen molar-refractivity contribution in [2.24, 2.45) is 0 Å². The first-order valence-electron chi connectivity index (χ1n) is 5.17. The largest absolute Gasteiger partial charge is 0.489 e. The first kappa shape index (κ1) is 11.9. The Labute approximate surface area is 102 Å². The lowest BCUT2D eigenvalue weighted by Crippen LogP contribution is -2.08. The summed E-state index contributed by atoms with van der Waals surface area (Å²) in [5.74, 6) is -1.34. The molecule has 0 unspecified atom stereocenters. The van der Waals surface area contributed by atoms with Crippen LogP contribution in [0.5, 0.6) is 5.75 Å². The molecule has 1 aromatic carbocycles. The monoisotopic (exact) mass is 246 g/mol. The van der Waals surface area contributed by atoms with Crippen LogP contribution < -0.4 is 10.2 Å². The Morgan fingerprint density at radius 3 is 2.94 bits per heavy atom. The summed E-state index contributed by atoms with van der Waals surface area (Å²) in [7, 11) is 0. The second-order valence-electron chi connectivity index (χ2n) is 3.51. The molecule has 0 fully saturated rings. The van der Waals surface area contributed by atoms with E-state index in [-0.39, 0.29) is 17.6 Å². The second-order valence-corrected chi connectivity index (χ2v) is 3.51. The van der Waals surface area contributed by atoms with Crippen LogP contribution in [0.3, 0.4) is 0 Å². The van der Waals surface area contributed by atoms with E-state index in [0.29, 0.717) is 5.75 Å². The van der Waals surface area contributed by atoms with E-state index in [2.05, 4.69) is 6.58 Å². The molecule has 92 valence electrons. The predicted octanol–water partition coefficient (Wildman–Crippen LogP) is 2.06. The summed E-state index contributed by atoms with van der Waals surface area (Å²) >= 11 is 0. The molecular weight excluding hydrogens is 236 g/mol. The summed E-state index contributed by atoms with van der Waals surface area (Å²) in [6.45, 7) is 3.76. The Hall–Kier alpha value is -2.56. The number of carboxylic acid groups (broad SMARTS) is 1. The maximum atomic E-state index is 11.9. The summed E-state index contributed by atoms with van der Waals surface area (Å²) < 4.78 is 10.4. The van der Waals surface area contributed by atoms with Crippen LogP contribution in [-0.4, -0.2) is 17.7 Å². The zero-order valence-corrected chi connectivity index (χ0v) is 9.38. The molecule has 5 nitrogen and oxygen atoms in total. The number of hydrogen-bond acceptors (Lipinski definition) is 4. The van der Waals surface area contributed by atoms with E-state index >= 15 is 0 Å². The van der Waals surface area contributed by atoms with Crippen LogP contribution in [0, 0.1) is 0 Å². The van der Waals surface area contributed by atoms with Crippen LogP contribution in [0.25, 0.3) is 11.0 Å². The molecule has 0 spiro atoms. The third-order valence-electron chi connectivity index (χ3n) is 2.28. The number of carboxylic acids is 1. The smallest absolute Gasteiger partial charge is 0.371 e. The van der Waals surface area contributed by atoms with E-state index in [9.17, 15) is 9.59 Å². The first-order valence-corrected chi connectivity index (χ1v) is 5.17. The SMILES string of the molecule is C=CCOc1cccc2oc(C(=O)O)cc(=O)c12. The Morgan fingerprint density at radius 2 is 2.28 bits per heavy atom. The lowest BCUT2D eigenvalue weighted by Gasteiger charge is -2.06. The van der Waals surface area contributed by atoms with Crippen LogP contribution in [0.1, 0.15) is 10.6 Å². The molecule has 0 aliphatic carbocycles. The van der Waals surface area contributed by atoms with Gasteiger partial charge in [0.1, 0.15) is 23.3 Å². The highest BCUT2D eigenvalue weighted by atomic mass is 16.5. The average Bonchev–Trinajstić information content (AvgIpc) is 2.35. The van der Waals surface area contributed by atoms with Crippen molar-refractivity contribution < 1.29 is 19.1 Å². The average molecular weight is 246 g/mol. The third-order valence-corrected chi connectivity index (χ3v) is 2.28. The van der Waals surface area contributed by atoms with Crippen molar-refractivity contribution in [2.75, 3.05) is 6.61 Å². The lowest BCUT2D eigenvalue weighted by molar-refractivity contribution is 0.0663. The minimum Gasteiger partial charge on any atom is -0.489 e. The number of carbonyl (C=O) groups is 1. The normalized spacial score (nSPS) is 10.2. The van der Waals surface area contributed by atoms with Gasteiger partial charge in [-0.1, -0.05) is 18.7 Å². The highest BCUT2D eigenvalue weighted by Gasteiger charge is 2.13. The number of fused-ring (bicyclic) bond motifs is 1. The van der Waals surface area contributed by atoms with E-state index in [1.807, 2.05) is 0 Å². The predicted molar refractivity (Wildman–Crippen MR) is 65.1 cm³/mol. The minimum absolute atomic E-state index is 0.182. The van der Waals surface area contributed by atoms with Crippen molar-refractivity contribution in [1.82, 2.24) is 0 Å². The second kappa shape index (κ2) is 4.75. The van der Waals surface area contributed by atoms with Gasteiger partial charge in [-0.25, -0.2) is 4.79 Å². The standard InChI is InChI=1S/C13H10O5/c1-2-6-17-9-4-3-5-10-12(9)8(14)7-11(18-10)13(15)16/h2-5,7H,1,6H2,(H,15,16). The molecule has 1 aromatic heterocycles. The number of ether oxygens (including phenoxy) is 1. The molecule has 0 radical (unpaired) electrons. The molecule has 0 amide bonds. The fourth-order valence-corrected chi connectivity index (χ4v) is 1.55. The molecule has 1 heterocycles. The molecule has 0 saturated carbocycles. The molecule has 0 atom stereocenters. The van der Waals surface area contributed by atoms with Crippen molar-refractivity contribution in [3.63, 3.8) is 0 Å². The van der Waals surface area contributed by atoms with Crippen LogP contribution >= 0.6 is 0 Å². The van der Waals surface area contributed by atoms with Gasteiger partial charge in [-0.05, 0) is 12.1 Å². The van der Waals surface area contributed by atoms with Gasteiger partial charge in [0, 0.05) is 6.07 Å². The summed E-state index contributed by atoms with van der Waals surface area (Å²) in [4.78, 5) is 22.6. The van der Waals surface area contributed by atoms with Gasteiger partial charge in [0.05, 0.1) is 0 Å². The number of aromatic carboxylic acids is 1. The first-order chi connectivity index (χ1) is 8.63. The van der Waals surface area contributed by atoms with Gasteiger partial charge in [0.2, 0.25) is 5.76 Å². The molecule has 0 bridgehead atoms. The zero-order valence-electron chi connectivity index (χ0n) is 9.38. The molecule has 0 aliphatic heterocycles. The topological polar surface area (TPSA) is 76.7 Å². The maximum absolute atomic E-state index is 11.9. The van der Waals surface area contributed by atoms with Gasteiger partial charge in [-0.15, -0.1) is 0 Å². The highest BCUT2D eigenvalue weighted by Crippen LogP contribution is 2.23. The van der Waals surface area contributed by atoms with E-state index in [1.54, 1.807) is 18.2 Å². The molecule has 0 aliphatic rings. The summed E-state index contributed by atoms with van der Waals surface area (Å²) in [6.07, 6.45) is 1.55. The number of benzene rings is 1. The van der Waals surface area contributed by atoms with Gasteiger partial charge in [0.25, 0.3) is 0 Å². The molecule has 18 heavy (non-hydrogen) atoms. The van der Waals surface area contributed by atoms with Gasteiger partial charge < -0.3 is 14.3 Å². The number of hydrogen-bond donors (Lipinski definition) is 1. The van der Waals surface area contributed by atoms with Crippen LogP contribution in [-0.2, 0) is 0 Å². The van der Waals surface area contributed by atoms with E-state index < -0.39 is 17.2 Å². The van der Waals surface area contributed by atoms with Gasteiger partial charge in [-0.2, -0.15) is 0 Å². The fourth-order valence-electron chi connectivity index (χ4n) is 1.55. The van der Waals surface area contributed by atoms with E-state index in [4.69, 9.17) is 14.3 Å². The maximum Gasteiger partial charge on any atom is 0.371 e. The van der Waals surface area contributed by atoms with Gasteiger partial charge in [0.15, 0.2) is 5.43 Å². The van der Waals surface area contributed by atoms with E-state index in [1.165, 1.54) is 6.07 Å². The van der Waals surface area contributed by atoms with Crippen LogP contribution in [0.4, 0.5) is 0 Å². The minimum atomic E-state index is -1.29. The Balaban J connectivity index is 2.67. The fraction of sp³-hybridized carbons (Fsp3) is 0.0769. The zero-order chi connectivity index (χ0) is 13.1. The van der Waals surface area contributed by atoms with Crippen molar-refractivity contribution >= 4 is 16.9 Å². The van der Waals surface area contributed by atoms with Gasteiger partial charge >= 0.3 is 5.97 Å². The Bertz CT molecular complexity index is 669. The quantitative estimate of drug-likeness (QED) is 0.835. The van der Waals surface area contributed by atoms with Crippen molar-refractivity contribution in [3.8, 4) is 5.75 Å². The van der Waals surface area contributed by atoms with Gasteiger partial charge in [-0.3, -0.25) is 4.79 Å².